The van der Waals surface area contributed by atoms with Crippen molar-refractivity contribution in [1.29, 1.82) is 0 Å². The molecule has 2 aromatic carbocycles. The van der Waals surface area contributed by atoms with Gasteiger partial charge in [0.2, 0.25) is 5.91 Å². The summed E-state index contributed by atoms with van der Waals surface area (Å²) in [5.74, 6) is 0.631. The first-order chi connectivity index (χ1) is 14.3. The third kappa shape index (κ3) is 4.30. The van der Waals surface area contributed by atoms with E-state index in [0.717, 1.165) is 37.2 Å². The number of anilines is 1. The van der Waals surface area contributed by atoms with Crippen molar-refractivity contribution in [2.75, 3.05) is 24.7 Å². The molecule has 160 valence electrons. The van der Waals surface area contributed by atoms with E-state index in [0.29, 0.717) is 19.3 Å². The first-order valence-electron chi connectivity index (χ1n) is 11.1. The molecule has 2 aliphatic heterocycles. The molecule has 1 N–H and O–H groups in total. The van der Waals surface area contributed by atoms with Crippen molar-refractivity contribution in [2.45, 2.75) is 53.1 Å². The van der Waals surface area contributed by atoms with Gasteiger partial charge in [-0.2, -0.15) is 0 Å². The molecule has 2 aromatic rings. The van der Waals surface area contributed by atoms with Crippen LogP contribution in [0.3, 0.4) is 0 Å². The number of ether oxygens (including phenoxy) is 1. The number of nitrogens with zero attached hydrogens (tertiary/aromatic N) is 1. The van der Waals surface area contributed by atoms with Crippen LogP contribution in [0.5, 0.6) is 0 Å². The molecule has 1 amide bonds. The van der Waals surface area contributed by atoms with Crippen molar-refractivity contribution in [3.8, 4) is 0 Å². The lowest BCUT2D eigenvalue weighted by Gasteiger charge is -2.40. The van der Waals surface area contributed by atoms with Gasteiger partial charge in [0, 0.05) is 18.2 Å². The molecule has 0 aliphatic carbocycles. The van der Waals surface area contributed by atoms with Crippen LogP contribution in [-0.2, 0) is 29.0 Å². The fraction of sp³-hybridized carbons (Fsp3) is 0.500. The van der Waals surface area contributed by atoms with E-state index in [9.17, 15) is 4.79 Å². The number of hydrogen-bond donors (Lipinski definition) is 1. The molecule has 2 aliphatic rings. The van der Waals surface area contributed by atoms with Gasteiger partial charge in [-0.1, -0.05) is 64.1 Å². The lowest BCUT2D eigenvalue weighted by Crippen LogP contribution is -2.47. The van der Waals surface area contributed by atoms with Gasteiger partial charge in [-0.3, -0.25) is 9.69 Å². The average molecular weight is 407 g/mol. The first kappa shape index (κ1) is 21.1. The summed E-state index contributed by atoms with van der Waals surface area (Å²) in [6, 6.07) is 14.8. The Balaban J connectivity index is 1.65. The minimum Gasteiger partial charge on any atom is -0.356 e. The zero-order valence-electron chi connectivity index (χ0n) is 18.7. The third-order valence-corrected chi connectivity index (χ3v) is 6.55. The van der Waals surface area contributed by atoms with E-state index in [1.165, 1.54) is 16.7 Å². The van der Waals surface area contributed by atoms with Crippen LogP contribution >= 0.6 is 0 Å². The number of carbonyl (C=O) groups is 1. The maximum absolute atomic E-state index is 13.5. The Kier molecular flexibility index (Phi) is 5.99. The third-order valence-electron chi connectivity index (χ3n) is 6.55. The Morgan fingerprint density at radius 3 is 2.63 bits per heavy atom. The van der Waals surface area contributed by atoms with Gasteiger partial charge in [-0.25, -0.2) is 0 Å². The van der Waals surface area contributed by atoms with E-state index in [2.05, 4.69) is 57.3 Å². The predicted molar refractivity (Wildman–Crippen MR) is 122 cm³/mol. The van der Waals surface area contributed by atoms with Crippen LogP contribution < -0.4 is 10.2 Å². The smallest absolute Gasteiger partial charge is 0.232 e. The standard InChI is InChI=1S/C26H34N2O2/c1-18-15-27-11-10-20-14-24-21(12-22(18)20)13-23(26(2,3)4)25(29)28(24)17-30-16-19-8-6-5-7-9-19/h5-9,12,14,18,23,27H,10-11,13,15-17H2,1-4H3. The summed E-state index contributed by atoms with van der Waals surface area (Å²) in [6.07, 6.45) is 1.81. The minimum absolute atomic E-state index is 0.0393. The number of amides is 1. The summed E-state index contributed by atoms with van der Waals surface area (Å²) < 4.78 is 6.03. The Morgan fingerprint density at radius 2 is 1.90 bits per heavy atom. The summed E-state index contributed by atoms with van der Waals surface area (Å²) in [6.45, 7) is 11.6. The predicted octanol–water partition coefficient (Wildman–Crippen LogP) is 4.66. The molecule has 0 aromatic heterocycles. The van der Waals surface area contributed by atoms with Gasteiger partial charge in [0.05, 0.1) is 6.61 Å². The monoisotopic (exact) mass is 406 g/mol. The van der Waals surface area contributed by atoms with Crippen LogP contribution in [0, 0.1) is 11.3 Å². The second kappa shape index (κ2) is 8.52. The second-order valence-corrected chi connectivity index (χ2v) is 9.89. The number of hydrogen-bond acceptors (Lipinski definition) is 3. The number of fused-ring (bicyclic) bond motifs is 2. The topological polar surface area (TPSA) is 41.6 Å². The van der Waals surface area contributed by atoms with Gasteiger partial charge in [-0.05, 0) is 59.0 Å². The number of carbonyl (C=O) groups excluding carboxylic acids is 1. The van der Waals surface area contributed by atoms with Gasteiger partial charge >= 0.3 is 0 Å². The fourth-order valence-electron chi connectivity index (χ4n) is 4.69. The van der Waals surface area contributed by atoms with E-state index in [1.807, 2.05) is 23.1 Å². The van der Waals surface area contributed by atoms with E-state index in [4.69, 9.17) is 4.74 Å². The summed E-state index contributed by atoms with van der Waals surface area (Å²) in [4.78, 5) is 15.4. The molecular weight excluding hydrogens is 372 g/mol. The van der Waals surface area contributed by atoms with E-state index in [-0.39, 0.29) is 17.2 Å². The molecule has 0 saturated carbocycles. The van der Waals surface area contributed by atoms with Crippen LogP contribution in [0.25, 0.3) is 0 Å². The molecule has 2 heterocycles. The van der Waals surface area contributed by atoms with Crippen molar-refractivity contribution in [1.82, 2.24) is 5.32 Å². The van der Waals surface area contributed by atoms with Gasteiger partial charge in [0.25, 0.3) is 0 Å². The average Bonchev–Trinajstić information content (AvgIpc) is 2.89. The van der Waals surface area contributed by atoms with Gasteiger partial charge < -0.3 is 10.1 Å². The Hall–Kier alpha value is -2.17. The van der Waals surface area contributed by atoms with Crippen molar-refractivity contribution < 1.29 is 9.53 Å². The van der Waals surface area contributed by atoms with Crippen molar-refractivity contribution >= 4 is 11.6 Å². The van der Waals surface area contributed by atoms with Crippen LogP contribution in [-0.4, -0.2) is 25.7 Å². The Morgan fingerprint density at radius 1 is 1.13 bits per heavy atom. The zero-order chi connectivity index (χ0) is 21.3. The number of nitrogens with one attached hydrogen (secondary N) is 1. The molecule has 0 radical (unpaired) electrons. The maximum atomic E-state index is 13.5. The quantitative estimate of drug-likeness (QED) is 0.803. The van der Waals surface area contributed by atoms with E-state index >= 15 is 0 Å². The molecule has 2 unspecified atom stereocenters. The molecule has 0 bridgehead atoms. The second-order valence-electron chi connectivity index (χ2n) is 9.89. The van der Waals surface area contributed by atoms with Crippen LogP contribution in [0.1, 0.15) is 55.9 Å². The lowest BCUT2D eigenvalue weighted by atomic mass is 9.73. The van der Waals surface area contributed by atoms with Gasteiger partial charge in [-0.15, -0.1) is 0 Å². The van der Waals surface area contributed by atoms with Crippen molar-refractivity contribution in [2.24, 2.45) is 11.3 Å². The Bertz CT molecular complexity index is 901. The molecule has 30 heavy (non-hydrogen) atoms. The summed E-state index contributed by atoms with van der Waals surface area (Å²) >= 11 is 0. The molecule has 4 heteroatoms. The molecule has 4 rings (SSSR count). The molecule has 0 spiro atoms. The highest BCUT2D eigenvalue weighted by molar-refractivity contribution is 5.98. The number of benzene rings is 2. The molecular formula is C26H34N2O2. The summed E-state index contributed by atoms with van der Waals surface area (Å²) in [5, 5.41) is 3.53. The normalized spacial score (nSPS) is 21.7. The largest absolute Gasteiger partial charge is 0.356 e. The van der Waals surface area contributed by atoms with E-state index < -0.39 is 0 Å². The van der Waals surface area contributed by atoms with Crippen molar-refractivity contribution in [3.05, 3.63) is 64.7 Å². The Labute approximate surface area is 180 Å². The summed E-state index contributed by atoms with van der Waals surface area (Å²) in [7, 11) is 0. The maximum Gasteiger partial charge on any atom is 0.232 e. The first-order valence-corrected chi connectivity index (χ1v) is 11.1. The van der Waals surface area contributed by atoms with Crippen LogP contribution in [0.2, 0.25) is 0 Å². The highest BCUT2D eigenvalue weighted by atomic mass is 16.5. The lowest BCUT2D eigenvalue weighted by molar-refractivity contribution is -0.127. The van der Waals surface area contributed by atoms with Gasteiger partial charge in [0.1, 0.15) is 6.73 Å². The van der Waals surface area contributed by atoms with Gasteiger partial charge in [0.15, 0.2) is 0 Å². The molecule has 0 saturated heterocycles. The fourth-order valence-corrected chi connectivity index (χ4v) is 4.69. The highest BCUT2D eigenvalue weighted by Crippen LogP contribution is 2.41. The van der Waals surface area contributed by atoms with Crippen molar-refractivity contribution in [3.63, 3.8) is 0 Å². The SMILES string of the molecule is CC1CNCCc2cc3c(cc21)CC(C(C)(C)C)C(=O)N3COCc1ccccc1. The zero-order valence-corrected chi connectivity index (χ0v) is 18.7. The summed E-state index contributed by atoms with van der Waals surface area (Å²) in [5.41, 5.74) is 6.15. The molecule has 2 atom stereocenters. The van der Waals surface area contributed by atoms with Crippen LogP contribution in [0.15, 0.2) is 42.5 Å². The number of rotatable bonds is 4. The molecule has 4 nitrogen and oxygen atoms in total. The molecule has 0 fully saturated rings. The minimum atomic E-state index is -0.0909. The van der Waals surface area contributed by atoms with Crippen LogP contribution in [0.4, 0.5) is 5.69 Å². The van der Waals surface area contributed by atoms with E-state index in [1.54, 1.807) is 0 Å². The highest BCUT2D eigenvalue weighted by Gasteiger charge is 2.40.